The molecule has 2 rings (SSSR count). The van der Waals surface area contributed by atoms with Crippen molar-refractivity contribution in [2.45, 2.75) is 31.1 Å². The number of unbranched alkanes of at least 4 members (excludes halogenated alkanes) is 1. The van der Waals surface area contributed by atoms with Crippen molar-refractivity contribution in [1.82, 2.24) is 4.72 Å². The standard InChI is InChI=1S/C17H22N2O5S/c1-2-3-9-19-25(22,23)17(24-15-7-5-4-6-8-15)11-13(16(20)21)10-14(18)12-17/h4-8,10-11,19H,2-3,9,12,18H2,1H3,(H,20,21). The zero-order valence-electron chi connectivity index (χ0n) is 13.9. The Balaban J connectivity index is 2.48. The molecule has 25 heavy (non-hydrogen) atoms. The van der Waals surface area contributed by atoms with Crippen molar-refractivity contribution in [3.05, 3.63) is 53.8 Å². The highest BCUT2D eigenvalue weighted by molar-refractivity contribution is 7.90. The summed E-state index contributed by atoms with van der Waals surface area (Å²) in [4.78, 5) is 9.47. The normalized spacial score (nSPS) is 20.5. The second kappa shape index (κ2) is 7.71. The molecule has 4 N–H and O–H groups in total. The van der Waals surface area contributed by atoms with Gasteiger partial charge in [0.15, 0.2) is 0 Å². The zero-order chi connectivity index (χ0) is 18.5. The molecule has 0 fully saturated rings. The molecule has 1 aliphatic rings. The SMILES string of the molecule is CCCCNS(=O)(=O)C1(Oc2ccccc2)C=C(C(=O)O)C=C(N)C1. The number of nitrogens with one attached hydrogen (secondary N) is 1. The smallest absolute Gasteiger partial charge is 0.335 e. The Morgan fingerprint density at radius 1 is 1.36 bits per heavy atom. The van der Waals surface area contributed by atoms with Gasteiger partial charge < -0.3 is 15.6 Å². The van der Waals surface area contributed by atoms with Crippen LogP contribution in [0.15, 0.2) is 53.8 Å². The number of carboxylic acids is 1. The number of para-hydroxylation sites is 1. The number of nitrogens with two attached hydrogens (primary N) is 1. The molecule has 1 aromatic rings. The monoisotopic (exact) mass is 366 g/mol. The summed E-state index contributed by atoms with van der Waals surface area (Å²) < 4.78 is 34.2. The van der Waals surface area contributed by atoms with E-state index in [9.17, 15) is 18.3 Å². The second-order valence-corrected chi connectivity index (χ2v) is 7.77. The van der Waals surface area contributed by atoms with Gasteiger partial charge in [-0.25, -0.2) is 17.9 Å². The van der Waals surface area contributed by atoms with Crippen LogP contribution < -0.4 is 15.2 Å². The Labute approximate surface area is 147 Å². The first-order valence-corrected chi connectivity index (χ1v) is 9.43. The average Bonchev–Trinajstić information content (AvgIpc) is 2.55. The third-order valence-electron chi connectivity index (χ3n) is 3.72. The van der Waals surface area contributed by atoms with E-state index in [0.29, 0.717) is 12.2 Å². The number of hydrogen-bond acceptors (Lipinski definition) is 5. The topological polar surface area (TPSA) is 119 Å². The molecule has 0 aromatic heterocycles. The molecule has 8 heteroatoms. The van der Waals surface area contributed by atoms with E-state index in [1.807, 2.05) is 6.92 Å². The van der Waals surface area contributed by atoms with Crippen molar-refractivity contribution < 1.29 is 23.1 Å². The largest absolute Gasteiger partial charge is 0.478 e. The van der Waals surface area contributed by atoms with Gasteiger partial charge >= 0.3 is 5.97 Å². The number of benzene rings is 1. The number of aliphatic carboxylic acids is 1. The lowest BCUT2D eigenvalue weighted by Gasteiger charge is -2.34. The van der Waals surface area contributed by atoms with Crippen molar-refractivity contribution >= 4 is 16.0 Å². The maximum absolute atomic E-state index is 12.9. The summed E-state index contributed by atoms with van der Waals surface area (Å²) in [6, 6.07) is 8.37. The first kappa shape index (κ1) is 19.0. The molecular weight excluding hydrogens is 344 g/mol. The van der Waals surface area contributed by atoms with Crippen LogP contribution in [0.3, 0.4) is 0 Å². The molecule has 0 bridgehead atoms. The Morgan fingerprint density at radius 3 is 2.64 bits per heavy atom. The minimum atomic E-state index is -4.05. The van der Waals surface area contributed by atoms with Crippen molar-refractivity contribution in [2.24, 2.45) is 5.73 Å². The van der Waals surface area contributed by atoms with Crippen LogP contribution in [0.2, 0.25) is 0 Å². The molecule has 0 amide bonds. The maximum atomic E-state index is 12.9. The van der Waals surface area contributed by atoms with Crippen molar-refractivity contribution in [1.29, 1.82) is 0 Å². The number of ether oxygens (including phenoxy) is 1. The van der Waals surface area contributed by atoms with E-state index in [1.165, 1.54) is 6.08 Å². The third kappa shape index (κ3) is 4.40. The van der Waals surface area contributed by atoms with Crippen LogP contribution in [0.1, 0.15) is 26.2 Å². The average molecular weight is 366 g/mol. The van der Waals surface area contributed by atoms with Gasteiger partial charge in [-0.05, 0) is 30.7 Å². The first-order chi connectivity index (χ1) is 11.8. The fraction of sp³-hybridized carbons (Fsp3) is 0.353. The van der Waals surface area contributed by atoms with E-state index in [1.54, 1.807) is 30.3 Å². The van der Waals surface area contributed by atoms with Crippen molar-refractivity contribution in [3.8, 4) is 5.75 Å². The Kier molecular flexibility index (Phi) is 5.86. The Hall–Kier alpha value is -2.32. The maximum Gasteiger partial charge on any atom is 0.335 e. The second-order valence-electron chi connectivity index (χ2n) is 5.78. The number of carboxylic acid groups (broad SMARTS) is 1. The fourth-order valence-electron chi connectivity index (χ4n) is 2.47. The zero-order valence-corrected chi connectivity index (χ0v) is 14.8. The highest BCUT2D eigenvalue weighted by Gasteiger charge is 2.47. The highest BCUT2D eigenvalue weighted by atomic mass is 32.2. The lowest BCUT2D eigenvalue weighted by Crippen LogP contribution is -2.51. The van der Waals surface area contributed by atoms with Gasteiger partial charge in [0.25, 0.3) is 10.0 Å². The Morgan fingerprint density at radius 2 is 2.04 bits per heavy atom. The molecule has 0 heterocycles. The highest BCUT2D eigenvalue weighted by Crippen LogP contribution is 2.34. The van der Waals surface area contributed by atoms with Gasteiger partial charge in [0.05, 0.1) is 5.57 Å². The van der Waals surface area contributed by atoms with Crippen LogP contribution >= 0.6 is 0 Å². The lowest BCUT2D eigenvalue weighted by molar-refractivity contribution is -0.132. The van der Waals surface area contributed by atoms with Crippen molar-refractivity contribution in [2.75, 3.05) is 6.54 Å². The number of hydrogen-bond donors (Lipinski definition) is 3. The van der Waals surface area contributed by atoms with Crippen LogP contribution in [-0.2, 0) is 14.8 Å². The van der Waals surface area contributed by atoms with Gasteiger partial charge in [-0.1, -0.05) is 31.5 Å². The van der Waals surface area contributed by atoms with E-state index in [2.05, 4.69) is 4.72 Å². The van der Waals surface area contributed by atoms with E-state index in [0.717, 1.165) is 12.5 Å². The van der Waals surface area contributed by atoms with Gasteiger partial charge in [0, 0.05) is 18.7 Å². The molecule has 0 aliphatic heterocycles. The minimum absolute atomic E-state index is 0.122. The quantitative estimate of drug-likeness (QED) is 0.603. The summed E-state index contributed by atoms with van der Waals surface area (Å²) >= 11 is 0. The number of sulfonamides is 1. The number of rotatable bonds is 8. The van der Waals surface area contributed by atoms with Gasteiger partial charge in [0.1, 0.15) is 5.75 Å². The van der Waals surface area contributed by atoms with Gasteiger partial charge in [-0.3, -0.25) is 0 Å². The molecule has 0 saturated carbocycles. The molecule has 7 nitrogen and oxygen atoms in total. The summed E-state index contributed by atoms with van der Waals surface area (Å²) in [5.74, 6) is -0.966. The van der Waals surface area contributed by atoms with Gasteiger partial charge in [-0.2, -0.15) is 0 Å². The molecule has 0 radical (unpaired) electrons. The van der Waals surface area contributed by atoms with Gasteiger partial charge in [0.2, 0.25) is 4.93 Å². The summed E-state index contributed by atoms with van der Waals surface area (Å²) in [5, 5.41) is 9.29. The van der Waals surface area contributed by atoms with Crippen molar-refractivity contribution in [3.63, 3.8) is 0 Å². The van der Waals surface area contributed by atoms with Crippen LogP contribution in [0.5, 0.6) is 5.75 Å². The molecule has 1 unspecified atom stereocenters. The Bertz CT molecular complexity index is 787. The fourth-order valence-corrected chi connectivity index (χ4v) is 3.98. The lowest BCUT2D eigenvalue weighted by atomic mass is 10.0. The molecule has 1 aliphatic carbocycles. The first-order valence-electron chi connectivity index (χ1n) is 7.95. The van der Waals surface area contributed by atoms with Gasteiger partial charge in [-0.15, -0.1) is 0 Å². The molecule has 136 valence electrons. The summed E-state index contributed by atoms with van der Waals surface area (Å²) in [6.45, 7) is 2.17. The molecule has 1 atom stereocenters. The van der Waals surface area contributed by atoms with E-state index < -0.39 is 20.9 Å². The molecule has 0 spiro atoms. The predicted octanol–water partition coefficient (Wildman–Crippen LogP) is 1.74. The molecule has 1 aromatic carbocycles. The van der Waals surface area contributed by atoms with Crippen LogP contribution in [0, 0.1) is 0 Å². The van der Waals surface area contributed by atoms with Crippen LogP contribution in [0.4, 0.5) is 0 Å². The van der Waals surface area contributed by atoms with Crippen LogP contribution in [0.25, 0.3) is 0 Å². The summed E-state index contributed by atoms with van der Waals surface area (Å²) in [5.41, 5.74) is 5.73. The van der Waals surface area contributed by atoms with E-state index >= 15 is 0 Å². The predicted molar refractivity (Wildman–Crippen MR) is 94.2 cm³/mol. The van der Waals surface area contributed by atoms with E-state index in [4.69, 9.17) is 10.5 Å². The molecule has 0 saturated heterocycles. The third-order valence-corrected chi connectivity index (χ3v) is 5.56. The van der Waals surface area contributed by atoms with Crippen LogP contribution in [-0.4, -0.2) is 31.0 Å². The van der Waals surface area contributed by atoms with E-state index in [-0.39, 0.29) is 24.2 Å². The summed E-state index contributed by atoms with van der Waals surface area (Å²) in [6.07, 6.45) is 3.65. The molecular formula is C17H22N2O5S. The number of carbonyl (C=O) groups is 1. The minimum Gasteiger partial charge on any atom is -0.478 e. The summed E-state index contributed by atoms with van der Waals surface area (Å²) in [7, 11) is -4.05.